The molecule has 0 aliphatic rings. The Kier molecular flexibility index (Phi) is 8.95. The molecule has 0 bridgehead atoms. The van der Waals surface area contributed by atoms with Crippen LogP contribution in [0.15, 0.2) is 0 Å². The van der Waals surface area contributed by atoms with Crippen LogP contribution in [0.5, 0.6) is 0 Å². The van der Waals surface area contributed by atoms with Crippen LogP contribution in [-0.4, -0.2) is 53.4 Å². The van der Waals surface area contributed by atoms with E-state index in [1.54, 1.807) is 14.0 Å². The van der Waals surface area contributed by atoms with E-state index in [-0.39, 0.29) is 18.6 Å². The molecule has 0 aliphatic heterocycles. The minimum Gasteiger partial charge on any atom is -0.480 e. The Morgan fingerprint density at radius 2 is 1.89 bits per heavy atom. The third kappa shape index (κ3) is 7.00. The van der Waals surface area contributed by atoms with Crippen molar-refractivity contribution in [2.24, 2.45) is 5.92 Å². The maximum atomic E-state index is 11.8. The van der Waals surface area contributed by atoms with E-state index in [1.165, 1.54) is 4.90 Å². The quantitative estimate of drug-likeness (QED) is 0.553. The highest BCUT2D eigenvalue weighted by Gasteiger charge is 2.26. The highest BCUT2D eigenvalue weighted by molar-refractivity contribution is 5.82. The summed E-state index contributed by atoms with van der Waals surface area (Å²) in [5.41, 5.74) is 0. The Bertz CT molecular complexity index is 284. The Morgan fingerprint density at radius 3 is 2.37 bits per heavy atom. The van der Waals surface area contributed by atoms with Crippen LogP contribution in [0.25, 0.3) is 0 Å². The number of carbonyl (C=O) groups excluding carboxylic acids is 1. The van der Waals surface area contributed by atoms with Crippen molar-refractivity contribution in [3.05, 3.63) is 0 Å². The second kappa shape index (κ2) is 9.61. The number of hydrogen-bond acceptors (Lipinski definition) is 3. The van der Waals surface area contributed by atoms with Crippen LogP contribution in [0.2, 0.25) is 0 Å². The maximum Gasteiger partial charge on any atom is 0.326 e. The predicted molar refractivity (Wildman–Crippen MR) is 73.0 cm³/mol. The SMILES string of the molecule is CC[C@H](C)[C@H](NC(=O)N(C)CCCCCO)C(=O)O. The number of rotatable bonds is 9. The Morgan fingerprint density at radius 1 is 1.26 bits per heavy atom. The standard InChI is InChI=1S/C13H26N2O4/c1-4-10(2)11(12(17)18)14-13(19)15(3)8-6-5-7-9-16/h10-11,16H,4-9H2,1-3H3,(H,14,19)(H,17,18)/t10-,11-/m0/s1. The molecule has 0 aromatic rings. The lowest BCUT2D eigenvalue weighted by Gasteiger charge is -2.24. The zero-order valence-corrected chi connectivity index (χ0v) is 12.1. The summed E-state index contributed by atoms with van der Waals surface area (Å²) in [6.45, 7) is 4.41. The molecule has 0 heterocycles. The molecule has 0 aliphatic carbocycles. The van der Waals surface area contributed by atoms with Crippen molar-refractivity contribution in [1.29, 1.82) is 0 Å². The number of carbonyl (C=O) groups is 2. The number of aliphatic hydroxyl groups excluding tert-OH is 1. The van der Waals surface area contributed by atoms with Crippen LogP contribution in [-0.2, 0) is 4.79 Å². The number of carboxylic acid groups (broad SMARTS) is 1. The lowest BCUT2D eigenvalue weighted by atomic mass is 9.99. The molecular weight excluding hydrogens is 248 g/mol. The molecule has 0 saturated carbocycles. The number of amides is 2. The van der Waals surface area contributed by atoms with Gasteiger partial charge in [0.05, 0.1) is 0 Å². The number of aliphatic hydroxyl groups is 1. The Hall–Kier alpha value is -1.30. The molecular formula is C13H26N2O4. The second-order valence-electron chi connectivity index (χ2n) is 4.86. The number of nitrogens with one attached hydrogen (secondary N) is 1. The predicted octanol–water partition coefficient (Wildman–Crippen LogP) is 1.29. The average Bonchev–Trinajstić information content (AvgIpc) is 2.39. The van der Waals surface area contributed by atoms with Crippen molar-refractivity contribution >= 4 is 12.0 Å². The van der Waals surface area contributed by atoms with Gasteiger partial charge in [0.1, 0.15) is 6.04 Å². The van der Waals surface area contributed by atoms with Gasteiger partial charge >= 0.3 is 12.0 Å². The van der Waals surface area contributed by atoms with E-state index in [4.69, 9.17) is 10.2 Å². The number of hydrogen-bond donors (Lipinski definition) is 3. The van der Waals surface area contributed by atoms with Gasteiger partial charge in [-0.05, 0) is 25.2 Å². The summed E-state index contributed by atoms with van der Waals surface area (Å²) < 4.78 is 0. The zero-order valence-electron chi connectivity index (χ0n) is 12.1. The van der Waals surface area contributed by atoms with Crippen molar-refractivity contribution in [2.75, 3.05) is 20.2 Å². The van der Waals surface area contributed by atoms with Gasteiger partial charge in [0, 0.05) is 20.2 Å². The van der Waals surface area contributed by atoms with Crippen molar-refractivity contribution in [3.63, 3.8) is 0 Å². The molecule has 2 atom stereocenters. The van der Waals surface area contributed by atoms with Crippen LogP contribution in [0.1, 0.15) is 39.5 Å². The van der Waals surface area contributed by atoms with E-state index in [1.807, 2.05) is 6.92 Å². The molecule has 0 aromatic carbocycles. The van der Waals surface area contributed by atoms with Crippen LogP contribution in [0.3, 0.4) is 0 Å². The largest absolute Gasteiger partial charge is 0.480 e. The molecule has 0 radical (unpaired) electrons. The molecule has 0 spiro atoms. The third-order valence-electron chi connectivity index (χ3n) is 3.26. The van der Waals surface area contributed by atoms with Crippen molar-refractivity contribution in [3.8, 4) is 0 Å². The van der Waals surface area contributed by atoms with E-state index >= 15 is 0 Å². The van der Waals surface area contributed by atoms with Gasteiger partial charge < -0.3 is 20.4 Å². The molecule has 0 aromatic heterocycles. The monoisotopic (exact) mass is 274 g/mol. The van der Waals surface area contributed by atoms with Gasteiger partial charge in [-0.25, -0.2) is 9.59 Å². The fourth-order valence-electron chi connectivity index (χ4n) is 1.67. The van der Waals surface area contributed by atoms with E-state index in [9.17, 15) is 9.59 Å². The molecule has 6 nitrogen and oxygen atoms in total. The minimum absolute atomic E-state index is 0.107. The van der Waals surface area contributed by atoms with Gasteiger partial charge in [0.15, 0.2) is 0 Å². The summed E-state index contributed by atoms with van der Waals surface area (Å²) >= 11 is 0. The highest BCUT2D eigenvalue weighted by Crippen LogP contribution is 2.08. The molecule has 19 heavy (non-hydrogen) atoms. The van der Waals surface area contributed by atoms with E-state index in [2.05, 4.69) is 5.32 Å². The number of unbranched alkanes of at least 4 members (excludes halogenated alkanes) is 2. The number of carboxylic acids is 1. The van der Waals surface area contributed by atoms with Gasteiger partial charge in [-0.3, -0.25) is 0 Å². The molecule has 0 unspecified atom stereocenters. The fourth-order valence-corrected chi connectivity index (χ4v) is 1.67. The smallest absolute Gasteiger partial charge is 0.326 e. The van der Waals surface area contributed by atoms with Crippen molar-refractivity contribution in [2.45, 2.75) is 45.6 Å². The summed E-state index contributed by atoms with van der Waals surface area (Å²) in [7, 11) is 1.64. The normalized spacial score (nSPS) is 13.7. The van der Waals surface area contributed by atoms with Gasteiger partial charge in [0.2, 0.25) is 0 Å². The molecule has 112 valence electrons. The van der Waals surface area contributed by atoms with Crippen LogP contribution < -0.4 is 5.32 Å². The van der Waals surface area contributed by atoms with E-state index in [0.29, 0.717) is 13.0 Å². The third-order valence-corrected chi connectivity index (χ3v) is 3.26. The molecule has 6 heteroatoms. The van der Waals surface area contributed by atoms with Gasteiger partial charge in [0.25, 0.3) is 0 Å². The van der Waals surface area contributed by atoms with Gasteiger partial charge in [-0.1, -0.05) is 20.3 Å². The van der Waals surface area contributed by atoms with E-state index < -0.39 is 12.0 Å². The Labute approximate surface area is 114 Å². The lowest BCUT2D eigenvalue weighted by molar-refractivity contribution is -0.140. The Balaban J connectivity index is 4.20. The van der Waals surface area contributed by atoms with Gasteiger partial charge in [-0.2, -0.15) is 0 Å². The molecule has 2 amide bonds. The summed E-state index contributed by atoms with van der Waals surface area (Å²) in [6, 6.07) is -1.21. The summed E-state index contributed by atoms with van der Waals surface area (Å²) in [5, 5.41) is 20.3. The first-order chi connectivity index (χ1) is 8.93. The average molecular weight is 274 g/mol. The van der Waals surface area contributed by atoms with E-state index in [0.717, 1.165) is 19.3 Å². The van der Waals surface area contributed by atoms with Crippen LogP contribution >= 0.6 is 0 Å². The fraction of sp³-hybridized carbons (Fsp3) is 0.846. The lowest BCUT2D eigenvalue weighted by Crippen LogP contribution is -2.49. The first-order valence-corrected chi connectivity index (χ1v) is 6.79. The topological polar surface area (TPSA) is 89.9 Å². The molecule has 3 N–H and O–H groups in total. The summed E-state index contributed by atoms with van der Waals surface area (Å²) in [6.07, 6.45) is 3.06. The molecule has 0 rings (SSSR count). The highest BCUT2D eigenvalue weighted by atomic mass is 16.4. The van der Waals surface area contributed by atoms with Crippen LogP contribution in [0, 0.1) is 5.92 Å². The minimum atomic E-state index is -1.00. The van der Waals surface area contributed by atoms with Crippen molar-refractivity contribution in [1.82, 2.24) is 10.2 Å². The van der Waals surface area contributed by atoms with Crippen molar-refractivity contribution < 1.29 is 19.8 Å². The number of aliphatic carboxylic acids is 1. The van der Waals surface area contributed by atoms with Gasteiger partial charge in [-0.15, -0.1) is 0 Å². The first kappa shape index (κ1) is 17.7. The maximum absolute atomic E-state index is 11.8. The number of nitrogens with zero attached hydrogens (tertiary/aromatic N) is 1. The molecule has 0 fully saturated rings. The zero-order chi connectivity index (χ0) is 14.8. The molecule has 0 saturated heterocycles. The first-order valence-electron chi connectivity index (χ1n) is 6.79. The summed E-state index contributed by atoms with van der Waals surface area (Å²) in [4.78, 5) is 24.4. The summed E-state index contributed by atoms with van der Waals surface area (Å²) in [5.74, 6) is -1.11. The van der Waals surface area contributed by atoms with Crippen LogP contribution in [0.4, 0.5) is 4.79 Å². The number of urea groups is 1. The second-order valence-corrected chi connectivity index (χ2v) is 4.86.